The van der Waals surface area contributed by atoms with Crippen LogP contribution in [0.15, 0.2) is 30.3 Å². The van der Waals surface area contributed by atoms with Crippen LogP contribution in [0.25, 0.3) is 0 Å². The van der Waals surface area contributed by atoms with E-state index in [1.54, 1.807) is 0 Å². The molecule has 2 rings (SSSR count). The largest absolute Gasteiger partial charge is 0.494 e. The molecule has 0 amide bonds. The van der Waals surface area contributed by atoms with Crippen LogP contribution in [0.1, 0.15) is 32.1 Å². The fourth-order valence-electron chi connectivity index (χ4n) is 2.48. The first-order valence-electron chi connectivity index (χ1n) is 6.08. The van der Waals surface area contributed by atoms with Crippen molar-refractivity contribution in [2.45, 2.75) is 32.1 Å². The molecule has 88 valence electrons. The maximum Gasteiger partial charge on any atom is 0.119 e. The Hall–Kier alpha value is -0.690. The Bertz CT molecular complexity index is 304. The number of para-hydroxylation sites is 1. The van der Waals surface area contributed by atoms with Crippen molar-refractivity contribution in [3.05, 3.63) is 30.3 Å². The van der Waals surface area contributed by atoms with Crippen molar-refractivity contribution >= 4 is 11.6 Å². The topological polar surface area (TPSA) is 9.23 Å². The summed E-state index contributed by atoms with van der Waals surface area (Å²) in [5.41, 5.74) is 0.357. The molecule has 1 aromatic carbocycles. The zero-order valence-corrected chi connectivity index (χ0v) is 10.4. The van der Waals surface area contributed by atoms with Crippen molar-refractivity contribution in [2.75, 3.05) is 12.5 Å². The van der Waals surface area contributed by atoms with Crippen molar-refractivity contribution in [3.63, 3.8) is 0 Å². The molecule has 0 heterocycles. The fourth-order valence-corrected chi connectivity index (χ4v) is 2.88. The lowest BCUT2D eigenvalue weighted by atomic mass is 9.85. The SMILES string of the molecule is ClCC1(CCOc2ccccc2)CCCC1. The van der Waals surface area contributed by atoms with Gasteiger partial charge in [0, 0.05) is 5.88 Å². The zero-order valence-electron chi connectivity index (χ0n) is 9.62. The Morgan fingerprint density at radius 2 is 1.81 bits per heavy atom. The van der Waals surface area contributed by atoms with Gasteiger partial charge in [-0.2, -0.15) is 0 Å². The van der Waals surface area contributed by atoms with Gasteiger partial charge in [0.2, 0.25) is 0 Å². The molecule has 2 heteroatoms. The van der Waals surface area contributed by atoms with Crippen LogP contribution in [0.3, 0.4) is 0 Å². The van der Waals surface area contributed by atoms with Crippen molar-refractivity contribution < 1.29 is 4.74 Å². The first kappa shape index (κ1) is 11.8. The lowest BCUT2D eigenvalue weighted by Gasteiger charge is -2.25. The molecule has 0 saturated heterocycles. The number of hydrogen-bond acceptors (Lipinski definition) is 1. The average Bonchev–Trinajstić information content (AvgIpc) is 2.80. The lowest BCUT2D eigenvalue weighted by molar-refractivity contribution is 0.219. The summed E-state index contributed by atoms with van der Waals surface area (Å²) in [6, 6.07) is 10.0. The second-order valence-corrected chi connectivity index (χ2v) is 5.02. The van der Waals surface area contributed by atoms with E-state index in [-0.39, 0.29) is 0 Å². The second kappa shape index (κ2) is 5.58. The zero-order chi connectivity index (χ0) is 11.3. The Kier molecular flexibility index (Phi) is 4.11. The summed E-state index contributed by atoms with van der Waals surface area (Å²) in [5, 5.41) is 0. The molecule has 1 fully saturated rings. The van der Waals surface area contributed by atoms with Crippen LogP contribution in [-0.2, 0) is 0 Å². The van der Waals surface area contributed by atoms with Gasteiger partial charge in [-0.1, -0.05) is 31.0 Å². The van der Waals surface area contributed by atoms with Crippen LogP contribution in [-0.4, -0.2) is 12.5 Å². The minimum Gasteiger partial charge on any atom is -0.494 e. The molecular weight excluding hydrogens is 220 g/mol. The highest BCUT2D eigenvalue weighted by atomic mass is 35.5. The van der Waals surface area contributed by atoms with Gasteiger partial charge >= 0.3 is 0 Å². The average molecular weight is 239 g/mol. The van der Waals surface area contributed by atoms with E-state index in [1.807, 2.05) is 30.3 Å². The molecule has 1 aliphatic rings. The highest BCUT2D eigenvalue weighted by molar-refractivity contribution is 6.18. The summed E-state index contributed by atoms with van der Waals surface area (Å²) in [6.45, 7) is 0.788. The van der Waals surface area contributed by atoms with Crippen molar-refractivity contribution in [2.24, 2.45) is 5.41 Å². The number of halogens is 1. The number of ether oxygens (including phenoxy) is 1. The number of alkyl halides is 1. The Labute approximate surface area is 103 Å². The summed E-state index contributed by atoms with van der Waals surface area (Å²) >= 11 is 6.09. The molecule has 0 aromatic heterocycles. The van der Waals surface area contributed by atoms with Gasteiger partial charge < -0.3 is 4.74 Å². The number of rotatable bonds is 5. The molecule has 0 bridgehead atoms. The minimum absolute atomic E-state index is 0.357. The molecule has 0 N–H and O–H groups in total. The molecular formula is C14H19ClO. The smallest absolute Gasteiger partial charge is 0.119 e. The van der Waals surface area contributed by atoms with E-state index in [2.05, 4.69) is 0 Å². The number of benzene rings is 1. The first-order valence-corrected chi connectivity index (χ1v) is 6.62. The minimum atomic E-state index is 0.357. The van der Waals surface area contributed by atoms with E-state index < -0.39 is 0 Å². The van der Waals surface area contributed by atoms with Crippen LogP contribution in [0, 0.1) is 5.41 Å². The van der Waals surface area contributed by atoms with Crippen LogP contribution >= 0.6 is 11.6 Å². The van der Waals surface area contributed by atoms with Gasteiger partial charge in [0.1, 0.15) is 5.75 Å². The van der Waals surface area contributed by atoms with E-state index >= 15 is 0 Å². The summed E-state index contributed by atoms with van der Waals surface area (Å²) in [6.07, 6.45) is 6.30. The molecule has 0 spiro atoms. The number of hydrogen-bond donors (Lipinski definition) is 0. The Morgan fingerprint density at radius 3 is 2.44 bits per heavy atom. The standard InChI is InChI=1S/C14H19ClO/c15-12-14(8-4-5-9-14)10-11-16-13-6-2-1-3-7-13/h1-3,6-7H,4-5,8-12H2. The molecule has 1 aliphatic carbocycles. The highest BCUT2D eigenvalue weighted by Gasteiger charge is 2.32. The molecule has 16 heavy (non-hydrogen) atoms. The molecule has 0 atom stereocenters. The van der Waals surface area contributed by atoms with Crippen LogP contribution in [0.4, 0.5) is 0 Å². The molecule has 0 unspecified atom stereocenters. The molecule has 0 radical (unpaired) electrons. The lowest BCUT2D eigenvalue weighted by Crippen LogP contribution is -2.21. The van der Waals surface area contributed by atoms with Gasteiger partial charge in [-0.05, 0) is 36.8 Å². The van der Waals surface area contributed by atoms with Crippen molar-refractivity contribution in [1.82, 2.24) is 0 Å². The normalized spacial score (nSPS) is 18.6. The second-order valence-electron chi connectivity index (χ2n) is 4.75. The van der Waals surface area contributed by atoms with E-state index in [1.165, 1.54) is 25.7 Å². The Morgan fingerprint density at radius 1 is 1.12 bits per heavy atom. The quantitative estimate of drug-likeness (QED) is 0.697. The summed E-state index contributed by atoms with van der Waals surface area (Å²) in [4.78, 5) is 0. The Balaban J connectivity index is 1.79. The van der Waals surface area contributed by atoms with E-state index in [0.717, 1.165) is 24.7 Å². The highest BCUT2D eigenvalue weighted by Crippen LogP contribution is 2.41. The van der Waals surface area contributed by atoms with Crippen LogP contribution < -0.4 is 4.74 Å². The predicted molar refractivity (Wildman–Crippen MR) is 68.2 cm³/mol. The molecule has 1 saturated carbocycles. The summed E-state index contributed by atoms with van der Waals surface area (Å²) in [5.74, 6) is 1.75. The van der Waals surface area contributed by atoms with Gasteiger partial charge in [0.25, 0.3) is 0 Å². The fraction of sp³-hybridized carbons (Fsp3) is 0.571. The molecule has 1 aromatic rings. The van der Waals surface area contributed by atoms with E-state index in [9.17, 15) is 0 Å². The van der Waals surface area contributed by atoms with Gasteiger partial charge in [0.15, 0.2) is 0 Å². The summed E-state index contributed by atoms with van der Waals surface area (Å²) < 4.78 is 5.74. The molecule has 0 aliphatic heterocycles. The van der Waals surface area contributed by atoms with E-state index in [0.29, 0.717) is 5.41 Å². The van der Waals surface area contributed by atoms with Gasteiger partial charge in [-0.15, -0.1) is 11.6 Å². The third-order valence-electron chi connectivity index (χ3n) is 3.59. The first-order chi connectivity index (χ1) is 7.85. The van der Waals surface area contributed by atoms with Crippen molar-refractivity contribution in [3.8, 4) is 5.75 Å². The maximum atomic E-state index is 6.09. The van der Waals surface area contributed by atoms with Gasteiger partial charge in [0.05, 0.1) is 6.61 Å². The monoisotopic (exact) mass is 238 g/mol. The third-order valence-corrected chi connectivity index (χ3v) is 4.16. The van der Waals surface area contributed by atoms with Gasteiger partial charge in [-0.3, -0.25) is 0 Å². The van der Waals surface area contributed by atoms with E-state index in [4.69, 9.17) is 16.3 Å². The maximum absolute atomic E-state index is 6.09. The summed E-state index contributed by atoms with van der Waals surface area (Å²) in [7, 11) is 0. The third kappa shape index (κ3) is 2.91. The molecule has 1 nitrogen and oxygen atoms in total. The van der Waals surface area contributed by atoms with Gasteiger partial charge in [-0.25, -0.2) is 0 Å². The van der Waals surface area contributed by atoms with Crippen LogP contribution in [0.2, 0.25) is 0 Å². The van der Waals surface area contributed by atoms with Crippen molar-refractivity contribution in [1.29, 1.82) is 0 Å². The predicted octanol–water partition coefficient (Wildman–Crippen LogP) is 4.25. The van der Waals surface area contributed by atoms with Crippen LogP contribution in [0.5, 0.6) is 5.75 Å².